The van der Waals surface area contributed by atoms with Gasteiger partial charge >= 0.3 is 0 Å². The molecule has 6 heteroatoms. The molecule has 0 aliphatic carbocycles. The summed E-state index contributed by atoms with van der Waals surface area (Å²) in [6.45, 7) is 4.20. The first-order valence-electron chi connectivity index (χ1n) is 11.0. The molecular weight excluding hydrogens is 441 g/mol. The van der Waals surface area contributed by atoms with Gasteiger partial charge in [0.2, 0.25) is 0 Å². The molecule has 32 heavy (non-hydrogen) atoms. The number of fused-ring (bicyclic) bond motifs is 3. The summed E-state index contributed by atoms with van der Waals surface area (Å²) in [7, 11) is 1.98. The molecule has 2 unspecified atom stereocenters. The van der Waals surface area contributed by atoms with Crippen molar-refractivity contribution in [1.29, 1.82) is 0 Å². The highest BCUT2D eigenvalue weighted by molar-refractivity contribution is 6.07. The molecule has 5 rings (SSSR count). The first-order chi connectivity index (χ1) is 14.5. The second kappa shape index (κ2) is 9.78. The summed E-state index contributed by atoms with van der Waals surface area (Å²) in [5.74, 6) is 0.106. The summed E-state index contributed by atoms with van der Waals surface area (Å²) in [6.07, 6.45) is 4.56. The Labute approximate surface area is 202 Å². The molecule has 2 bridgehead atoms. The summed E-state index contributed by atoms with van der Waals surface area (Å²) in [5, 5.41) is 4.63. The average Bonchev–Trinajstić information content (AvgIpc) is 3.11. The van der Waals surface area contributed by atoms with Gasteiger partial charge in [-0.3, -0.25) is 4.79 Å². The number of halogens is 2. The number of carbonyl (C=O) groups is 1. The fourth-order valence-corrected chi connectivity index (χ4v) is 5.12. The second-order valence-corrected chi connectivity index (χ2v) is 9.05. The molecule has 3 aromatic rings. The fraction of sp³-hybridized carbons (Fsp3) is 0.385. The molecular formula is C26H31Cl2N3O. The SMILES string of the molecule is Cc1cc2nc(-c3ccccc3)cc(C(=O)N(C)C3CC4CCC(C3)N4)c2cc1C.Cl.Cl. The molecule has 2 aliphatic heterocycles. The van der Waals surface area contributed by atoms with E-state index in [1.165, 1.54) is 24.0 Å². The topological polar surface area (TPSA) is 45.2 Å². The lowest BCUT2D eigenvalue weighted by Crippen LogP contribution is -2.48. The van der Waals surface area contributed by atoms with E-state index < -0.39 is 0 Å². The molecule has 2 aliphatic rings. The van der Waals surface area contributed by atoms with Gasteiger partial charge in [0.05, 0.1) is 16.8 Å². The molecule has 2 aromatic carbocycles. The van der Waals surface area contributed by atoms with Crippen LogP contribution in [0, 0.1) is 13.8 Å². The minimum Gasteiger partial charge on any atom is -0.339 e. The molecule has 2 atom stereocenters. The lowest BCUT2D eigenvalue weighted by atomic mass is 9.96. The molecule has 2 saturated heterocycles. The van der Waals surface area contributed by atoms with Gasteiger partial charge in [-0.25, -0.2) is 4.98 Å². The van der Waals surface area contributed by atoms with Crippen LogP contribution in [0.4, 0.5) is 0 Å². The van der Waals surface area contributed by atoms with Gasteiger partial charge in [0, 0.05) is 36.1 Å². The van der Waals surface area contributed by atoms with Crippen molar-refractivity contribution in [3.8, 4) is 11.3 Å². The zero-order valence-corrected chi connectivity index (χ0v) is 20.4. The van der Waals surface area contributed by atoms with Crippen molar-refractivity contribution < 1.29 is 4.79 Å². The molecule has 170 valence electrons. The average molecular weight is 472 g/mol. The fourth-order valence-electron chi connectivity index (χ4n) is 5.12. The maximum atomic E-state index is 13.7. The van der Waals surface area contributed by atoms with Gasteiger partial charge in [0.1, 0.15) is 0 Å². The third-order valence-electron chi connectivity index (χ3n) is 7.04. The number of piperidine rings is 1. The van der Waals surface area contributed by atoms with Gasteiger partial charge in [-0.2, -0.15) is 0 Å². The molecule has 4 nitrogen and oxygen atoms in total. The highest BCUT2D eigenvalue weighted by Gasteiger charge is 2.36. The zero-order chi connectivity index (χ0) is 20.8. The Kier molecular flexibility index (Phi) is 7.49. The highest BCUT2D eigenvalue weighted by atomic mass is 35.5. The number of benzene rings is 2. The van der Waals surface area contributed by atoms with Gasteiger partial charge in [-0.1, -0.05) is 30.3 Å². The van der Waals surface area contributed by atoms with E-state index in [4.69, 9.17) is 4.98 Å². The molecule has 2 fully saturated rings. The Morgan fingerprint density at radius 2 is 1.59 bits per heavy atom. The van der Waals surface area contributed by atoms with Gasteiger partial charge in [0.15, 0.2) is 0 Å². The number of rotatable bonds is 3. The van der Waals surface area contributed by atoms with E-state index in [0.717, 1.165) is 40.6 Å². The second-order valence-electron chi connectivity index (χ2n) is 9.05. The van der Waals surface area contributed by atoms with Crippen molar-refractivity contribution in [3.63, 3.8) is 0 Å². The third kappa shape index (κ3) is 4.50. The molecule has 3 heterocycles. The van der Waals surface area contributed by atoms with E-state index in [9.17, 15) is 4.79 Å². The number of pyridine rings is 1. The predicted molar refractivity (Wildman–Crippen MR) is 136 cm³/mol. The number of carbonyl (C=O) groups excluding carboxylic acids is 1. The van der Waals surface area contributed by atoms with Crippen molar-refractivity contribution in [2.75, 3.05) is 7.05 Å². The van der Waals surface area contributed by atoms with Crippen LogP contribution in [-0.4, -0.2) is 41.0 Å². The minimum atomic E-state index is 0. The summed E-state index contributed by atoms with van der Waals surface area (Å²) in [5.41, 5.74) is 5.93. The Morgan fingerprint density at radius 3 is 2.25 bits per heavy atom. The van der Waals surface area contributed by atoms with Crippen LogP contribution in [0.2, 0.25) is 0 Å². The molecule has 1 amide bonds. The smallest absolute Gasteiger partial charge is 0.254 e. The quantitative estimate of drug-likeness (QED) is 0.531. The molecule has 0 radical (unpaired) electrons. The largest absolute Gasteiger partial charge is 0.339 e. The van der Waals surface area contributed by atoms with E-state index in [1.807, 2.05) is 36.2 Å². The standard InChI is InChI=1S/C26H29N3O.2ClH/c1-16-11-22-23(26(30)29(3)21-13-19-9-10-20(14-21)27-19)15-24(18-7-5-4-6-8-18)28-25(22)12-17(16)2;;/h4-8,11-12,15,19-21,27H,9-10,13-14H2,1-3H3;2*1H. The summed E-state index contributed by atoms with van der Waals surface area (Å²) in [4.78, 5) is 20.7. The lowest BCUT2D eigenvalue weighted by Gasteiger charge is -2.35. The van der Waals surface area contributed by atoms with E-state index >= 15 is 0 Å². The predicted octanol–water partition coefficient (Wildman–Crippen LogP) is 5.72. The highest BCUT2D eigenvalue weighted by Crippen LogP contribution is 2.32. The van der Waals surface area contributed by atoms with Crippen LogP contribution in [0.15, 0.2) is 48.5 Å². The molecule has 0 spiro atoms. The number of hydrogen-bond acceptors (Lipinski definition) is 3. The van der Waals surface area contributed by atoms with Gasteiger partial charge in [0.25, 0.3) is 5.91 Å². The van der Waals surface area contributed by atoms with Crippen molar-refractivity contribution >= 4 is 41.6 Å². The maximum absolute atomic E-state index is 13.7. The summed E-state index contributed by atoms with van der Waals surface area (Å²) >= 11 is 0. The van der Waals surface area contributed by atoms with Crippen LogP contribution in [0.1, 0.15) is 47.2 Å². The first-order valence-corrected chi connectivity index (χ1v) is 11.0. The number of nitrogens with zero attached hydrogens (tertiary/aromatic N) is 2. The number of aromatic nitrogens is 1. The van der Waals surface area contributed by atoms with Crippen LogP contribution < -0.4 is 5.32 Å². The Bertz CT molecular complexity index is 1110. The van der Waals surface area contributed by atoms with E-state index in [0.29, 0.717) is 18.1 Å². The Morgan fingerprint density at radius 1 is 0.969 bits per heavy atom. The van der Waals surface area contributed by atoms with Crippen LogP contribution in [-0.2, 0) is 0 Å². The van der Waals surface area contributed by atoms with Gasteiger partial charge in [-0.05, 0) is 68.9 Å². The van der Waals surface area contributed by atoms with Crippen LogP contribution in [0.3, 0.4) is 0 Å². The van der Waals surface area contributed by atoms with Gasteiger partial charge in [-0.15, -0.1) is 24.8 Å². The number of aryl methyl sites for hydroxylation is 2. The zero-order valence-electron chi connectivity index (χ0n) is 18.8. The van der Waals surface area contributed by atoms with Crippen LogP contribution in [0.25, 0.3) is 22.2 Å². The van der Waals surface area contributed by atoms with E-state index in [-0.39, 0.29) is 30.7 Å². The number of hydrogen-bond donors (Lipinski definition) is 1. The van der Waals surface area contributed by atoms with Gasteiger partial charge < -0.3 is 10.2 Å². The molecule has 1 aromatic heterocycles. The van der Waals surface area contributed by atoms with E-state index in [1.54, 1.807) is 0 Å². The van der Waals surface area contributed by atoms with Crippen molar-refractivity contribution in [1.82, 2.24) is 15.2 Å². The Hall–Kier alpha value is -2.14. The summed E-state index contributed by atoms with van der Waals surface area (Å²) in [6, 6.07) is 17.8. The third-order valence-corrected chi connectivity index (χ3v) is 7.04. The van der Waals surface area contributed by atoms with Crippen molar-refractivity contribution in [2.45, 2.75) is 57.7 Å². The lowest BCUT2D eigenvalue weighted by molar-refractivity contribution is 0.0683. The minimum absolute atomic E-state index is 0. The maximum Gasteiger partial charge on any atom is 0.254 e. The monoisotopic (exact) mass is 471 g/mol. The van der Waals surface area contributed by atoms with Crippen LogP contribution in [0.5, 0.6) is 0 Å². The summed E-state index contributed by atoms with van der Waals surface area (Å²) < 4.78 is 0. The number of amides is 1. The number of nitrogens with one attached hydrogen (secondary N) is 1. The first kappa shape index (κ1) is 24.5. The van der Waals surface area contributed by atoms with Crippen LogP contribution >= 0.6 is 24.8 Å². The van der Waals surface area contributed by atoms with Crippen molar-refractivity contribution in [2.24, 2.45) is 0 Å². The van der Waals surface area contributed by atoms with E-state index in [2.05, 4.69) is 43.4 Å². The normalized spacial score (nSPS) is 21.5. The van der Waals surface area contributed by atoms with Crippen molar-refractivity contribution in [3.05, 3.63) is 65.2 Å². The Balaban J connectivity index is 0.00000144. The molecule has 1 N–H and O–H groups in total. The molecule has 0 saturated carbocycles.